The number of fused-ring (bicyclic) bond motifs is 2. The van der Waals surface area contributed by atoms with Crippen LogP contribution in [0.3, 0.4) is 0 Å². The van der Waals surface area contributed by atoms with Gasteiger partial charge in [-0.2, -0.15) is 10.2 Å². The van der Waals surface area contributed by atoms with Crippen molar-refractivity contribution in [3.05, 3.63) is 53.4 Å². The summed E-state index contributed by atoms with van der Waals surface area (Å²) in [6, 6.07) is 7.49. The predicted octanol–water partition coefficient (Wildman–Crippen LogP) is 3.72. The van der Waals surface area contributed by atoms with E-state index in [0.717, 1.165) is 32.6 Å². The molecule has 0 saturated carbocycles. The zero-order valence-corrected chi connectivity index (χ0v) is 19.0. The number of hydrogen-bond donors (Lipinski definition) is 3. The van der Waals surface area contributed by atoms with Crippen molar-refractivity contribution in [2.24, 2.45) is 7.05 Å². The molecule has 0 atom stereocenters. The number of thiophene rings is 1. The number of aliphatic hydroxyl groups is 1. The highest BCUT2D eigenvalue weighted by Gasteiger charge is 2.19. The summed E-state index contributed by atoms with van der Waals surface area (Å²) in [5.41, 5.74) is 6.31. The number of H-pyrrole nitrogens is 2. The second-order valence-corrected chi connectivity index (χ2v) is 8.96. The molecule has 11 heteroatoms. The fraction of sp³-hybridized carbons (Fsp3) is 0.130. The lowest BCUT2D eigenvalue weighted by atomic mass is 10.1. The highest BCUT2D eigenvalue weighted by molar-refractivity contribution is 7.17. The van der Waals surface area contributed by atoms with Crippen LogP contribution in [-0.2, 0) is 13.7 Å². The Balaban J connectivity index is 1.48. The standard InChI is InChI=1S/C23H18N8O2S/c1-11(33)18-5-6-19(34-18)12-7-24-8-16-20(12)27-23(26-16)22-21-15(28-29-22)4-3-14(25-21)13-9-31(2)30-17(13)10-32/h3-9,32H,10H2,1-2H3,(H,26,27)(H,28,29). The molecule has 168 valence electrons. The third-order valence-corrected chi connectivity index (χ3v) is 6.80. The normalized spacial score (nSPS) is 11.6. The fourth-order valence-electron chi connectivity index (χ4n) is 3.98. The minimum absolute atomic E-state index is 0.0296. The molecule has 0 aliphatic carbocycles. The van der Waals surface area contributed by atoms with E-state index in [1.165, 1.54) is 11.3 Å². The Bertz CT molecular complexity index is 1710. The largest absolute Gasteiger partial charge is 0.390 e. The quantitative estimate of drug-likeness (QED) is 0.326. The summed E-state index contributed by atoms with van der Waals surface area (Å²) in [6.45, 7) is 1.38. The molecule has 6 aromatic heterocycles. The molecule has 6 aromatic rings. The number of imidazole rings is 1. The monoisotopic (exact) mass is 470 g/mol. The Morgan fingerprint density at radius 1 is 1.09 bits per heavy atom. The van der Waals surface area contributed by atoms with Crippen LogP contribution in [-0.4, -0.2) is 50.8 Å². The number of nitrogens with zero attached hydrogens (tertiary/aromatic N) is 6. The molecule has 0 saturated heterocycles. The maximum absolute atomic E-state index is 11.7. The Hall–Kier alpha value is -4.22. The van der Waals surface area contributed by atoms with Crippen LogP contribution < -0.4 is 0 Å². The third-order valence-electron chi connectivity index (χ3n) is 5.58. The number of hydrogen-bond acceptors (Lipinski definition) is 8. The van der Waals surface area contributed by atoms with E-state index in [1.54, 1.807) is 31.0 Å². The summed E-state index contributed by atoms with van der Waals surface area (Å²) in [7, 11) is 1.80. The summed E-state index contributed by atoms with van der Waals surface area (Å²) in [6.07, 6.45) is 5.29. The zero-order valence-electron chi connectivity index (χ0n) is 18.2. The first-order valence-electron chi connectivity index (χ1n) is 10.5. The highest BCUT2D eigenvalue weighted by atomic mass is 32.1. The average Bonchev–Trinajstić information content (AvgIpc) is 3.62. The van der Waals surface area contributed by atoms with E-state index in [0.29, 0.717) is 33.3 Å². The number of nitrogens with one attached hydrogen (secondary N) is 2. The molecule has 6 rings (SSSR count). The topological polar surface area (TPSA) is 138 Å². The molecule has 0 bridgehead atoms. The third kappa shape index (κ3) is 3.21. The van der Waals surface area contributed by atoms with Gasteiger partial charge in [0.05, 0.1) is 40.1 Å². The van der Waals surface area contributed by atoms with Gasteiger partial charge in [-0.05, 0) is 31.2 Å². The number of pyridine rings is 2. The summed E-state index contributed by atoms with van der Waals surface area (Å²) in [5.74, 6) is 0.582. The van der Waals surface area contributed by atoms with Crippen molar-refractivity contribution in [3.8, 4) is 33.2 Å². The number of rotatable bonds is 5. The van der Waals surface area contributed by atoms with Crippen LogP contribution in [0.15, 0.2) is 42.9 Å². The van der Waals surface area contributed by atoms with Gasteiger partial charge in [-0.1, -0.05) is 0 Å². The number of aliphatic hydroxyl groups excluding tert-OH is 1. The van der Waals surface area contributed by atoms with Crippen LogP contribution in [0, 0.1) is 0 Å². The molecule has 0 amide bonds. The number of ketones is 1. The molecule has 6 heterocycles. The molecule has 3 N–H and O–H groups in total. The predicted molar refractivity (Wildman–Crippen MR) is 128 cm³/mol. The van der Waals surface area contributed by atoms with E-state index in [-0.39, 0.29) is 12.4 Å². The van der Waals surface area contributed by atoms with Crippen LogP contribution >= 0.6 is 11.3 Å². The van der Waals surface area contributed by atoms with E-state index >= 15 is 0 Å². The Labute approximate surface area is 196 Å². The summed E-state index contributed by atoms with van der Waals surface area (Å²) >= 11 is 1.42. The van der Waals surface area contributed by atoms with Crippen LogP contribution in [0.25, 0.3) is 55.3 Å². The molecule has 0 radical (unpaired) electrons. The molecular formula is C23H18N8O2S. The number of aryl methyl sites for hydroxylation is 1. The van der Waals surface area contributed by atoms with Gasteiger partial charge in [-0.25, -0.2) is 9.97 Å². The maximum atomic E-state index is 11.7. The molecule has 0 aromatic carbocycles. The lowest BCUT2D eigenvalue weighted by Crippen LogP contribution is -1.91. The molecule has 10 nitrogen and oxygen atoms in total. The van der Waals surface area contributed by atoms with Crippen molar-refractivity contribution in [3.63, 3.8) is 0 Å². The van der Waals surface area contributed by atoms with Gasteiger partial charge in [0.15, 0.2) is 17.3 Å². The average molecular weight is 471 g/mol. The van der Waals surface area contributed by atoms with Crippen molar-refractivity contribution in [1.82, 2.24) is 39.9 Å². The van der Waals surface area contributed by atoms with Crippen molar-refractivity contribution in [2.75, 3.05) is 0 Å². The minimum atomic E-state index is -0.179. The minimum Gasteiger partial charge on any atom is -0.390 e. The van der Waals surface area contributed by atoms with E-state index in [1.807, 2.05) is 30.5 Å². The van der Waals surface area contributed by atoms with E-state index in [4.69, 9.17) is 9.97 Å². The molecule has 0 unspecified atom stereocenters. The van der Waals surface area contributed by atoms with Gasteiger partial charge in [0.1, 0.15) is 11.0 Å². The first kappa shape index (κ1) is 20.4. The SMILES string of the molecule is CC(=O)c1ccc(-c2cncc3[nH]c(-c4n[nH]c5ccc(-c6cn(C)nc6CO)nc45)nc23)s1. The molecular weight excluding hydrogens is 452 g/mol. The number of aromatic amines is 2. The van der Waals surface area contributed by atoms with Gasteiger partial charge in [-0.15, -0.1) is 11.3 Å². The van der Waals surface area contributed by atoms with Crippen LogP contribution in [0.4, 0.5) is 0 Å². The van der Waals surface area contributed by atoms with Gasteiger partial charge < -0.3 is 10.1 Å². The van der Waals surface area contributed by atoms with E-state index in [9.17, 15) is 9.90 Å². The Morgan fingerprint density at radius 2 is 1.97 bits per heavy atom. The van der Waals surface area contributed by atoms with E-state index in [2.05, 4.69) is 25.3 Å². The smallest absolute Gasteiger partial charge is 0.169 e. The molecule has 0 aliphatic rings. The van der Waals surface area contributed by atoms with Gasteiger partial charge >= 0.3 is 0 Å². The summed E-state index contributed by atoms with van der Waals surface area (Å²) in [4.78, 5) is 30.6. The van der Waals surface area contributed by atoms with E-state index < -0.39 is 0 Å². The van der Waals surface area contributed by atoms with Crippen molar-refractivity contribution >= 4 is 39.2 Å². The van der Waals surface area contributed by atoms with Crippen molar-refractivity contribution < 1.29 is 9.90 Å². The summed E-state index contributed by atoms with van der Waals surface area (Å²) < 4.78 is 1.65. The molecule has 0 fully saturated rings. The maximum Gasteiger partial charge on any atom is 0.169 e. The van der Waals surface area contributed by atoms with Crippen LogP contribution in [0.5, 0.6) is 0 Å². The number of carbonyl (C=O) groups excluding carboxylic acids is 1. The van der Waals surface area contributed by atoms with Crippen molar-refractivity contribution in [1.29, 1.82) is 0 Å². The number of aromatic nitrogens is 8. The van der Waals surface area contributed by atoms with Gasteiger partial charge in [-0.3, -0.25) is 19.6 Å². The molecule has 0 spiro atoms. The molecule has 0 aliphatic heterocycles. The fourth-order valence-corrected chi connectivity index (χ4v) is 4.89. The molecule has 34 heavy (non-hydrogen) atoms. The number of Topliss-reactive ketones (excluding diaryl/α,β-unsaturated/α-hetero) is 1. The number of carbonyl (C=O) groups is 1. The summed E-state index contributed by atoms with van der Waals surface area (Å²) in [5, 5.41) is 21.4. The van der Waals surface area contributed by atoms with Crippen molar-refractivity contribution in [2.45, 2.75) is 13.5 Å². The zero-order chi connectivity index (χ0) is 23.4. The lowest BCUT2D eigenvalue weighted by Gasteiger charge is -2.00. The van der Waals surface area contributed by atoms with Crippen LogP contribution in [0.1, 0.15) is 22.3 Å². The van der Waals surface area contributed by atoms with Gasteiger partial charge in [0.2, 0.25) is 0 Å². The first-order valence-corrected chi connectivity index (χ1v) is 11.3. The lowest BCUT2D eigenvalue weighted by molar-refractivity contribution is 0.102. The second-order valence-electron chi connectivity index (χ2n) is 7.87. The highest BCUT2D eigenvalue weighted by Crippen LogP contribution is 2.34. The Kier molecular flexibility index (Phi) is 4.61. The first-order chi connectivity index (χ1) is 16.5. The second kappa shape index (κ2) is 7.68. The van der Waals surface area contributed by atoms with Gasteiger partial charge in [0.25, 0.3) is 0 Å². The Morgan fingerprint density at radius 3 is 2.76 bits per heavy atom. The van der Waals surface area contributed by atoms with Gasteiger partial charge in [0, 0.05) is 35.4 Å². The van der Waals surface area contributed by atoms with Crippen LogP contribution in [0.2, 0.25) is 0 Å².